The van der Waals surface area contributed by atoms with Crippen LogP contribution < -0.4 is 5.32 Å². The molecule has 1 atom stereocenters. The van der Waals surface area contributed by atoms with Crippen LogP contribution in [0.25, 0.3) is 5.95 Å². The number of rotatable bonds is 4. The zero-order valence-electron chi connectivity index (χ0n) is 12.0. The van der Waals surface area contributed by atoms with E-state index >= 15 is 0 Å². The molecule has 1 unspecified atom stereocenters. The molecule has 1 fully saturated rings. The molecule has 0 bridgehead atoms. The van der Waals surface area contributed by atoms with Gasteiger partial charge in [-0.1, -0.05) is 19.3 Å². The van der Waals surface area contributed by atoms with Crippen LogP contribution in [-0.4, -0.2) is 30.8 Å². The molecule has 0 radical (unpaired) electrons. The number of hydrogen-bond acceptors (Lipinski definition) is 5. The van der Waals surface area contributed by atoms with Gasteiger partial charge in [-0.25, -0.2) is 4.68 Å². The van der Waals surface area contributed by atoms with Crippen molar-refractivity contribution in [3.05, 3.63) is 23.7 Å². The van der Waals surface area contributed by atoms with Gasteiger partial charge in [-0.05, 0) is 43.4 Å². The fourth-order valence-corrected chi connectivity index (χ4v) is 3.01. The van der Waals surface area contributed by atoms with Crippen LogP contribution in [0.2, 0.25) is 5.28 Å². The van der Waals surface area contributed by atoms with Gasteiger partial charge in [0.15, 0.2) is 0 Å². The van der Waals surface area contributed by atoms with Crippen molar-refractivity contribution in [2.24, 2.45) is 5.92 Å². The molecule has 1 N–H and O–H groups in total. The SMILES string of the molecule is CC(Nc1nc(Cl)nc(-n2cccn2)n1)C1CCCCC1. The van der Waals surface area contributed by atoms with Crippen molar-refractivity contribution in [3.8, 4) is 5.95 Å². The Morgan fingerprint density at radius 3 is 2.76 bits per heavy atom. The number of aromatic nitrogens is 5. The number of nitrogens with zero attached hydrogens (tertiary/aromatic N) is 5. The maximum Gasteiger partial charge on any atom is 0.256 e. The molecule has 1 aliphatic rings. The second kappa shape index (κ2) is 6.39. The monoisotopic (exact) mass is 306 g/mol. The van der Waals surface area contributed by atoms with E-state index in [1.165, 1.54) is 32.1 Å². The van der Waals surface area contributed by atoms with E-state index in [9.17, 15) is 0 Å². The Bertz CT molecular complexity index is 579. The van der Waals surface area contributed by atoms with Crippen LogP contribution in [0.5, 0.6) is 0 Å². The predicted octanol–water partition coefficient (Wildman–Crippen LogP) is 3.09. The minimum absolute atomic E-state index is 0.175. The quantitative estimate of drug-likeness (QED) is 0.940. The molecular weight excluding hydrogens is 288 g/mol. The molecule has 1 saturated carbocycles. The summed E-state index contributed by atoms with van der Waals surface area (Å²) in [6.45, 7) is 2.18. The van der Waals surface area contributed by atoms with Gasteiger partial charge in [0.25, 0.3) is 5.95 Å². The molecule has 0 aromatic carbocycles. The zero-order chi connectivity index (χ0) is 14.7. The van der Waals surface area contributed by atoms with Gasteiger partial charge >= 0.3 is 0 Å². The average Bonchev–Trinajstić information content (AvgIpc) is 3.02. The molecule has 1 aliphatic carbocycles. The Kier molecular flexibility index (Phi) is 4.34. The van der Waals surface area contributed by atoms with E-state index in [0.29, 0.717) is 23.9 Å². The maximum atomic E-state index is 5.99. The molecule has 6 nitrogen and oxygen atoms in total. The number of nitrogens with one attached hydrogen (secondary N) is 1. The average molecular weight is 307 g/mol. The highest BCUT2D eigenvalue weighted by molar-refractivity contribution is 6.28. The summed E-state index contributed by atoms with van der Waals surface area (Å²) in [6, 6.07) is 2.14. The summed E-state index contributed by atoms with van der Waals surface area (Å²) in [5, 5.41) is 7.66. The van der Waals surface area contributed by atoms with Gasteiger partial charge in [0.2, 0.25) is 11.2 Å². The second-order valence-electron chi connectivity index (χ2n) is 5.51. The third-order valence-corrected chi connectivity index (χ3v) is 4.19. The largest absolute Gasteiger partial charge is 0.351 e. The molecule has 0 saturated heterocycles. The minimum Gasteiger partial charge on any atom is -0.351 e. The summed E-state index contributed by atoms with van der Waals surface area (Å²) < 4.78 is 1.57. The predicted molar refractivity (Wildman–Crippen MR) is 81.6 cm³/mol. The molecule has 3 rings (SSSR count). The molecule has 7 heteroatoms. The lowest BCUT2D eigenvalue weighted by Crippen LogP contribution is -2.28. The summed E-state index contributed by atoms with van der Waals surface area (Å²) in [7, 11) is 0. The van der Waals surface area contributed by atoms with Gasteiger partial charge in [0.05, 0.1) is 0 Å². The van der Waals surface area contributed by atoms with Crippen LogP contribution in [-0.2, 0) is 0 Å². The fraction of sp³-hybridized carbons (Fsp3) is 0.571. The van der Waals surface area contributed by atoms with Crippen LogP contribution in [0.4, 0.5) is 5.95 Å². The summed E-state index contributed by atoms with van der Waals surface area (Å²) in [6.07, 6.45) is 9.96. The lowest BCUT2D eigenvalue weighted by molar-refractivity contribution is 0.327. The Morgan fingerprint density at radius 1 is 1.24 bits per heavy atom. The molecule has 0 aliphatic heterocycles. The van der Waals surface area contributed by atoms with Crippen LogP contribution in [0.15, 0.2) is 18.5 Å². The summed E-state index contributed by atoms with van der Waals surface area (Å²) in [4.78, 5) is 12.7. The number of halogens is 1. The molecule has 2 aromatic rings. The number of anilines is 1. The minimum atomic E-state index is 0.175. The summed E-state index contributed by atoms with van der Waals surface area (Å²) >= 11 is 5.99. The van der Waals surface area contributed by atoms with Crippen molar-refractivity contribution in [2.45, 2.75) is 45.1 Å². The topological polar surface area (TPSA) is 68.5 Å². The van der Waals surface area contributed by atoms with Gasteiger partial charge < -0.3 is 5.32 Å². The van der Waals surface area contributed by atoms with E-state index < -0.39 is 0 Å². The molecule has 2 aromatic heterocycles. The van der Waals surface area contributed by atoms with Crippen molar-refractivity contribution >= 4 is 17.5 Å². The number of hydrogen-bond donors (Lipinski definition) is 1. The normalized spacial score (nSPS) is 17.6. The van der Waals surface area contributed by atoms with E-state index in [1.807, 2.05) is 6.07 Å². The van der Waals surface area contributed by atoms with Crippen LogP contribution in [0, 0.1) is 5.92 Å². The van der Waals surface area contributed by atoms with Crippen molar-refractivity contribution in [2.75, 3.05) is 5.32 Å². The van der Waals surface area contributed by atoms with Crippen LogP contribution >= 0.6 is 11.6 Å². The van der Waals surface area contributed by atoms with Crippen molar-refractivity contribution in [1.29, 1.82) is 0 Å². The standard InChI is InChI=1S/C14H19ClN6/c1-10(11-6-3-2-4-7-11)17-13-18-12(15)19-14(20-13)21-9-5-8-16-21/h5,8-11H,2-4,6-7H2,1H3,(H,17,18,19,20). The molecule has 112 valence electrons. The Morgan fingerprint density at radius 2 is 2.05 bits per heavy atom. The van der Waals surface area contributed by atoms with Crippen molar-refractivity contribution in [3.63, 3.8) is 0 Å². The molecule has 2 heterocycles. The first-order valence-corrected chi connectivity index (χ1v) is 7.78. The highest BCUT2D eigenvalue weighted by Gasteiger charge is 2.21. The van der Waals surface area contributed by atoms with Crippen LogP contribution in [0.3, 0.4) is 0 Å². The first-order chi connectivity index (χ1) is 10.2. The molecule has 0 spiro atoms. The summed E-state index contributed by atoms with van der Waals surface area (Å²) in [5.74, 6) is 1.61. The first-order valence-electron chi connectivity index (χ1n) is 7.40. The molecule has 21 heavy (non-hydrogen) atoms. The lowest BCUT2D eigenvalue weighted by Gasteiger charge is -2.28. The van der Waals surface area contributed by atoms with Crippen LogP contribution in [0.1, 0.15) is 39.0 Å². The Labute approximate surface area is 129 Å². The Balaban J connectivity index is 1.75. The Hall–Kier alpha value is -1.69. The van der Waals surface area contributed by atoms with E-state index in [-0.39, 0.29) is 5.28 Å². The van der Waals surface area contributed by atoms with Gasteiger partial charge in [0, 0.05) is 18.4 Å². The van der Waals surface area contributed by atoms with E-state index in [0.717, 1.165) is 0 Å². The smallest absolute Gasteiger partial charge is 0.256 e. The summed E-state index contributed by atoms with van der Waals surface area (Å²) in [5.41, 5.74) is 0. The van der Waals surface area contributed by atoms with Crippen molar-refractivity contribution < 1.29 is 0 Å². The molecule has 0 amide bonds. The van der Waals surface area contributed by atoms with Gasteiger partial charge in [-0.15, -0.1) is 0 Å². The zero-order valence-corrected chi connectivity index (χ0v) is 12.8. The maximum absolute atomic E-state index is 5.99. The third-order valence-electron chi connectivity index (χ3n) is 4.02. The van der Waals surface area contributed by atoms with E-state index in [4.69, 9.17) is 11.6 Å². The first kappa shape index (κ1) is 14.3. The molecular formula is C14H19ClN6. The van der Waals surface area contributed by atoms with Crippen molar-refractivity contribution in [1.82, 2.24) is 24.7 Å². The lowest BCUT2D eigenvalue weighted by atomic mass is 9.85. The third kappa shape index (κ3) is 3.50. The second-order valence-corrected chi connectivity index (χ2v) is 5.85. The van der Waals surface area contributed by atoms with Gasteiger partial charge in [-0.3, -0.25) is 0 Å². The van der Waals surface area contributed by atoms with Gasteiger partial charge in [0.1, 0.15) is 0 Å². The highest BCUT2D eigenvalue weighted by atomic mass is 35.5. The highest BCUT2D eigenvalue weighted by Crippen LogP contribution is 2.27. The fourth-order valence-electron chi connectivity index (χ4n) is 2.85. The van der Waals surface area contributed by atoms with Gasteiger partial charge in [-0.2, -0.15) is 20.1 Å². The van der Waals surface area contributed by atoms with E-state index in [2.05, 4.69) is 32.3 Å². The van der Waals surface area contributed by atoms with E-state index in [1.54, 1.807) is 17.1 Å².